The van der Waals surface area contributed by atoms with E-state index >= 15 is 0 Å². The Bertz CT molecular complexity index is 347. The minimum Gasteiger partial charge on any atom is -0.229 e. The predicted molar refractivity (Wildman–Crippen MR) is 67.8 cm³/mol. The van der Waals surface area contributed by atoms with Gasteiger partial charge in [-0.2, -0.15) is 0 Å². The van der Waals surface area contributed by atoms with Gasteiger partial charge in [-0.3, -0.25) is 0 Å². The molecule has 0 aliphatic rings. The molecule has 0 amide bonds. The molecule has 2 rings (SSSR count). The quantitative estimate of drug-likeness (QED) is 0.597. The molecule has 0 bridgehead atoms. The minimum absolute atomic E-state index is 0.472. The third-order valence-electron chi connectivity index (χ3n) is 1.66. The number of fused-ring (bicyclic) bond motifs is 1. The zero-order valence-corrected chi connectivity index (χ0v) is 10.2. The number of halogens is 1. The molecule has 0 aliphatic heterocycles. The maximum absolute atomic E-state index is 5.47. The summed E-state index contributed by atoms with van der Waals surface area (Å²) in [6.45, 7) is 0. The molecule has 2 heteroatoms. The molecule has 0 saturated carbocycles. The van der Waals surface area contributed by atoms with Gasteiger partial charge in [0.25, 0.3) is 0 Å². The molecule has 0 heterocycles. The molecule has 2 aromatic rings. The van der Waals surface area contributed by atoms with Gasteiger partial charge in [-0.15, -0.1) is 0 Å². The van der Waals surface area contributed by atoms with Crippen molar-refractivity contribution in [3.63, 3.8) is 0 Å². The summed E-state index contributed by atoms with van der Waals surface area (Å²) in [6.07, 6.45) is 0. The van der Waals surface area contributed by atoms with Gasteiger partial charge < -0.3 is 0 Å². The summed E-state index contributed by atoms with van der Waals surface area (Å²) < 4.78 is 0.472. The second kappa shape index (κ2) is 5.15. The second-order valence-corrected chi connectivity index (χ2v) is 5.21. The topological polar surface area (TPSA) is 0 Å². The molecule has 0 saturated heterocycles. The monoisotopic (exact) mass is 222 g/mol. The Morgan fingerprint density at radius 3 is 1.13 bits per heavy atom. The first-order valence-electron chi connectivity index (χ1n) is 4.92. The van der Waals surface area contributed by atoms with Crippen molar-refractivity contribution in [3.05, 3.63) is 48.5 Å². The maximum atomic E-state index is 5.47. The zero-order valence-electron chi connectivity index (χ0n) is 9.44. The van der Waals surface area contributed by atoms with E-state index in [-0.39, 0.29) is 0 Å². The molecule has 1 nitrogen and oxygen atoms in total. The number of hydrogen-bond donors (Lipinski definition) is 0. The maximum Gasteiger partial charge on any atom is 0.164 e. The van der Waals surface area contributed by atoms with Crippen LogP contribution in [0.2, 0.25) is 0 Å². The minimum atomic E-state index is 0.472. The van der Waals surface area contributed by atoms with Gasteiger partial charge in [0.1, 0.15) is 0 Å². The average Bonchev–Trinajstić information content (AvgIpc) is 2.16. The fraction of sp³-hybridized carbons (Fsp3) is 0.231. The van der Waals surface area contributed by atoms with Crippen molar-refractivity contribution < 1.29 is 4.00 Å². The van der Waals surface area contributed by atoms with Gasteiger partial charge in [0.05, 0.1) is 21.1 Å². The Morgan fingerprint density at radius 1 is 0.733 bits per heavy atom. The van der Waals surface area contributed by atoms with Crippen molar-refractivity contribution in [1.29, 1.82) is 0 Å². The van der Waals surface area contributed by atoms with Gasteiger partial charge in [-0.05, 0) is 10.8 Å². The van der Waals surface area contributed by atoms with Crippen LogP contribution in [0.1, 0.15) is 0 Å². The van der Waals surface area contributed by atoms with E-state index < -0.39 is 0 Å². The summed E-state index contributed by atoms with van der Waals surface area (Å²) in [6, 6.07) is 16.7. The highest BCUT2D eigenvalue weighted by Gasteiger charge is 1.95. The molecule has 0 atom stereocenters. The third kappa shape index (κ3) is 5.40. The Kier molecular flexibility index (Phi) is 4.13. The van der Waals surface area contributed by atoms with Crippen molar-refractivity contribution in [3.8, 4) is 0 Å². The van der Waals surface area contributed by atoms with Gasteiger partial charge in [0, 0.05) is 0 Å². The second-order valence-electron chi connectivity index (χ2n) is 4.20. The summed E-state index contributed by atoms with van der Waals surface area (Å²) in [5.74, 6) is 0. The van der Waals surface area contributed by atoms with Gasteiger partial charge >= 0.3 is 0 Å². The normalized spacial score (nSPS) is 10.7. The highest BCUT2D eigenvalue weighted by atomic mass is 35.5. The van der Waals surface area contributed by atoms with Gasteiger partial charge in [0.2, 0.25) is 0 Å². The summed E-state index contributed by atoms with van der Waals surface area (Å²) in [7, 11) is 5.67. The number of benzene rings is 2. The van der Waals surface area contributed by atoms with Crippen molar-refractivity contribution in [1.82, 2.24) is 0 Å². The molecule has 0 spiro atoms. The van der Waals surface area contributed by atoms with Crippen LogP contribution in [-0.4, -0.2) is 25.1 Å². The molecule has 0 aromatic heterocycles. The van der Waals surface area contributed by atoms with Crippen molar-refractivity contribution in [2.24, 2.45) is 0 Å². The van der Waals surface area contributed by atoms with E-state index in [4.69, 9.17) is 11.8 Å². The van der Waals surface area contributed by atoms with Crippen molar-refractivity contribution in [2.75, 3.05) is 21.1 Å². The van der Waals surface area contributed by atoms with Gasteiger partial charge in [-0.25, -0.2) is 4.00 Å². The molecular weight excluding hydrogens is 206 g/mol. The molecular formula is C13H17ClN+. The summed E-state index contributed by atoms with van der Waals surface area (Å²) in [5, 5.41) is 2.62. The van der Waals surface area contributed by atoms with Gasteiger partial charge in [0.15, 0.2) is 11.8 Å². The van der Waals surface area contributed by atoms with Crippen LogP contribution >= 0.6 is 11.8 Å². The van der Waals surface area contributed by atoms with E-state index in [0.717, 1.165) is 0 Å². The smallest absolute Gasteiger partial charge is 0.164 e. The first kappa shape index (κ1) is 12.0. The van der Waals surface area contributed by atoms with Crippen molar-refractivity contribution in [2.45, 2.75) is 0 Å². The van der Waals surface area contributed by atoms with E-state index in [1.807, 2.05) is 21.1 Å². The molecule has 0 radical (unpaired) electrons. The average molecular weight is 223 g/mol. The first-order chi connectivity index (χ1) is 6.97. The van der Waals surface area contributed by atoms with E-state index in [0.29, 0.717) is 4.00 Å². The SMILES string of the molecule is C[N+](C)(C)Cl.c1ccc2ccccc2c1. The van der Waals surface area contributed by atoms with Crippen molar-refractivity contribution >= 4 is 22.5 Å². The standard InChI is InChI=1S/C10H8.C3H9ClN/c1-2-6-10-8-4-3-7-9(10)5-1;1-5(2,3)4/h1-8H;1-3H3/q;+1. The lowest BCUT2D eigenvalue weighted by molar-refractivity contribution is -0.747. The number of rotatable bonds is 0. The van der Waals surface area contributed by atoms with Crippen LogP contribution in [0, 0.1) is 0 Å². The van der Waals surface area contributed by atoms with E-state index in [9.17, 15) is 0 Å². The van der Waals surface area contributed by atoms with Crippen LogP contribution in [0.15, 0.2) is 48.5 Å². The zero-order chi connectivity index (χ0) is 11.3. The van der Waals surface area contributed by atoms with Crippen LogP contribution in [0.4, 0.5) is 0 Å². The van der Waals surface area contributed by atoms with Gasteiger partial charge in [-0.1, -0.05) is 48.5 Å². The Hall–Kier alpha value is -1.05. The molecule has 80 valence electrons. The number of quaternary nitrogens is 1. The Labute approximate surface area is 96.6 Å². The lowest BCUT2D eigenvalue weighted by atomic mass is 10.1. The highest BCUT2D eigenvalue weighted by Crippen LogP contribution is 2.11. The lowest BCUT2D eigenvalue weighted by Crippen LogP contribution is -2.19. The molecule has 0 unspecified atom stereocenters. The Morgan fingerprint density at radius 2 is 0.933 bits per heavy atom. The molecule has 2 aromatic carbocycles. The molecule has 0 N–H and O–H groups in total. The fourth-order valence-corrected chi connectivity index (χ4v) is 1.13. The molecule has 0 aliphatic carbocycles. The van der Waals surface area contributed by atoms with Crippen LogP contribution in [0.3, 0.4) is 0 Å². The number of nitrogens with zero attached hydrogens (tertiary/aromatic N) is 1. The summed E-state index contributed by atoms with van der Waals surface area (Å²) in [4.78, 5) is 0. The summed E-state index contributed by atoms with van der Waals surface area (Å²) >= 11 is 5.47. The molecule has 15 heavy (non-hydrogen) atoms. The van der Waals surface area contributed by atoms with Crippen LogP contribution in [-0.2, 0) is 0 Å². The summed E-state index contributed by atoms with van der Waals surface area (Å²) in [5.41, 5.74) is 0. The van der Waals surface area contributed by atoms with Crippen LogP contribution in [0.5, 0.6) is 0 Å². The third-order valence-corrected chi connectivity index (χ3v) is 1.66. The largest absolute Gasteiger partial charge is 0.229 e. The van der Waals surface area contributed by atoms with E-state index in [2.05, 4.69) is 48.5 Å². The predicted octanol–water partition coefficient (Wildman–Crippen LogP) is 3.69. The first-order valence-corrected chi connectivity index (χ1v) is 5.25. The van der Waals surface area contributed by atoms with Crippen LogP contribution < -0.4 is 0 Å². The highest BCUT2D eigenvalue weighted by molar-refractivity contribution is 6.06. The fourth-order valence-electron chi connectivity index (χ4n) is 1.13. The van der Waals surface area contributed by atoms with E-state index in [1.165, 1.54) is 10.8 Å². The number of hydrogen-bond acceptors (Lipinski definition) is 0. The lowest BCUT2D eigenvalue weighted by Gasteiger charge is -2.07. The Balaban J connectivity index is 0.000000195. The van der Waals surface area contributed by atoms with Crippen LogP contribution in [0.25, 0.3) is 10.8 Å². The van der Waals surface area contributed by atoms with E-state index in [1.54, 1.807) is 0 Å². The molecule has 0 fully saturated rings.